The molecular formula is C21H20FN3O3S. The lowest BCUT2D eigenvalue weighted by atomic mass is 10.00. The molecule has 2 heterocycles. The number of nitrogens with zero attached hydrogens (tertiary/aromatic N) is 3. The van der Waals surface area contributed by atoms with Gasteiger partial charge in [0.2, 0.25) is 21.7 Å². The van der Waals surface area contributed by atoms with Crippen molar-refractivity contribution < 1.29 is 17.3 Å². The Balaban J connectivity index is 1.48. The van der Waals surface area contributed by atoms with E-state index in [1.54, 1.807) is 18.2 Å². The second-order valence-electron chi connectivity index (χ2n) is 6.92. The number of benzene rings is 2. The zero-order valence-corrected chi connectivity index (χ0v) is 16.4. The maximum Gasteiger partial charge on any atom is 0.236 e. The van der Waals surface area contributed by atoms with E-state index in [4.69, 9.17) is 4.52 Å². The minimum absolute atomic E-state index is 0.176. The maximum atomic E-state index is 13.1. The zero-order valence-electron chi connectivity index (χ0n) is 15.6. The topological polar surface area (TPSA) is 76.3 Å². The average Bonchev–Trinajstić information content (AvgIpc) is 3.24. The van der Waals surface area contributed by atoms with Gasteiger partial charge >= 0.3 is 0 Å². The van der Waals surface area contributed by atoms with Crippen molar-refractivity contribution in [2.24, 2.45) is 0 Å². The van der Waals surface area contributed by atoms with Crippen molar-refractivity contribution >= 4 is 16.1 Å². The van der Waals surface area contributed by atoms with Crippen LogP contribution in [0.15, 0.2) is 64.5 Å². The molecule has 0 spiro atoms. The van der Waals surface area contributed by atoms with Crippen LogP contribution in [0.1, 0.15) is 30.2 Å². The fourth-order valence-corrected chi connectivity index (χ4v) is 4.58. The Morgan fingerprint density at radius 3 is 2.62 bits per heavy atom. The smallest absolute Gasteiger partial charge is 0.236 e. The molecule has 8 heteroatoms. The minimum atomic E-state index is -3.55. The highest BCUT2D eigenvalue weighted by Gasteiger charge is 2.31. The quantitative estimate of drug-likeness (QED) is 0.631. The molecule has 150 valence electrons. The van der Waals surface area contributed by atoms with Gasteiger partial charge in [-0.15, -0.1) is 0 Å². The predicted octanol–water partition coefficient (Wildman–Crippen LogP) is 4.06. The summed E-state index contributed by atoms with van der Waals surface area (Å²) in [5, 5.41) is 5.20. The molecule has 1 unspecified atom stereocenters. The number of rotatable bonds is 5. The molecule has 1 aliphatic heterocycles. The number of halogens is 1. The number of hydrogen-bond donors (Lipinski definition) is 0. The molecule has 1 atom stereocenters. The molecule has 1 aromatic heterocycles. The van der Waals surface area contributed by atoms with Gasteiger partial charge in [-0.25, -0.2) is 12.8 Å². The molecule has 29 heavy (non-hydrogen) atoms. The highest BCUT2D eigenvalue weighted by atomic mass is 32.2. The highest BCUT2D eigenvalue weighted by molar-refractivity contribution is 7.92. The van der Waals surface area contributed by atoms with Crippen LogP contribution < -0.4 is 0 Å². The first kappa shape index (κ1) is 19.5. The summed E-state index contributed by atoms with van der Waals surface area (Å²) in [5.74, 6) is 0.250. The first-order chi connectivity index (χ1) is 14.0. The van der Waals surface area contributed by atoms with Crippen molar-refractivity contribution in [1.82, 2.24) is 14.4 Å². The van der Waals surface area contributed by atoms with Crippen molar-refractivity contribution in [3.63, 3.8) is 0 Å². The van der Waals surface area contributed by atoms with Crippen LogP contribution in [0.5, 0.6) is 0 Å². The second kappa shape index (κ2) is 8.26. The van der Waals surface area contributed by atoms with Gasteiger partial charge in [0.1, 0.15) is 5.82 Å². The Labute approximate surface area is 168 Å². The van der Waals surface area contributed by atoms with Gasteiger partial charge in [-0.2, -0.15) is 9.29 Å². The van der Waals surface area contributed by atoms with Gasteiger partial charge in [0.25, 0.3) is 0 Å². The molecule has 0 radical (unpaired) electrons. The summed E-state index contributed by atoms with van der Waals surface area (Å²) in [4.78, 5) is 4.40. The van der Waals surface area contributed by atoms with Gasteiger partial charge in [0, 0.05) is 24.1 Å². The van der Waals surface area contributed by atoms with Gasteiger partial charge in [-0.1, -0.05) is 35.5 Å². The van der Waals surface area contributed by atoms with E-state index >= 15 is 0 Å². The van der Waals surface area contributed by atoms with E-state index in [-0.39, 0.29) is 18.3 Å². The Kier molecular flexibility index (Phi) is 5.55. The number of aromatic nitrogens is 2. The van der Waals surface area contributed by atoms with Crippen LogP contribution >= 0.6 is 0 Å². The normalized spacial score (nSPS) is 18.3. The molecule has 6 nitrogen and oxygen atoms in total. The molecule has 1 fully saturated rings. The van der Waals surface area contributed by atoms with E-state index < -0.39 is 10.0 Å². The van der Waals surface area contributed by atoms with Gasteiger partial charge in [-0.05, 0) is 48.7 Å². The Hall–Kier alpha value is -2.84. The lowest BCUT2D eigenvalue weighted by molar-refractivity contribution is 0.267. The molecule has 1 saturated heterocycles. The second-order valence-corrected chi connectivity index (χ2v) is 8.74. The lowest BCUT2D eigenvalue weighted by Gasteiger charge is -2.29. The van der Waals surface area contributed by atoms with Crippen molar-refractivity contribution in [2.75, 3.05) is 13.1 Å². The van der Waals surface area contributed by atoms with E-state index in [0.29, 0.717) is 30.2 Å². The van der Waals surface area contributed by atoms with Crippen LogP contribution in [0.4, 0.5) is 4.39 Å². The zero-order chi connectivity index (χ0) is 20.3. The van der Waals surface area contributed by atoms with Crippen molar-refractivity contribution in [2.45, 2.75) is 18.8 Å². The molecule has 0 saturated carbocycles. The Morgan fingerprint density at radius 2 is 1.86 bits per heavy atom. The van der Waals surface area contributed by atoms with Crippen LogP contribution in [-0.2, 0) is 10.0 Å². The van der Waals surface area contributed by atoms with Crippen LogP contribution in [0, 0.1) is 5.82 Å². The van der Waals surface area contributed by atoms with Crippen LogP contribution in [-0.4, -0.2) is 36.0 Å². The molecule has 0 aliphatic carbocycles. The van der Waals surface area contributed by atoms with Gasteiger partial charge in [0.15, 0.2) is 0 Å². The summed E-state index contributed by atoms with van der Waals surface area (Å²) in [6.07, 6.45) is 3.06. The van der Waals surface area contributed by atoms with Crippen LogP contribution in [0.25, 0.3) is 17.5 Å². The summed E-state index contributed by atoms with van der Waals surface area (Å²) < 4.78 is 45.4. The minimum Gasteiger partial charge on any atom is -0.339 e. The van der Waals surface area contributed by atoms with Gasteiger partial charge in [0.05, 0.1) is 5.92 Å². The molecule has 3 aromatic rings. The third kappa shape index (κ3) is 4.60. The van der Waals surface area contributed by atoms with E-state index in [1.165, 1.54) is 21.8 Å². The molecule has 2 aromatic carbocycles. The first-order valence-electron chi connectivity index (χ1n) is 9.34. The number of sulfonamides is 1. The van der Waals surface area contributed by atoms with E-state index in [0.717, 1.165) is 12.0 Å². The molecule has 1 aliphatic rings. The van der Waals surface area contributed by atoms with Gasteiger partial charge in [-0.3, -0.25) is 0 Å². The Morgan fingerprint density at radius 1 is 1.10 bits per heavy atom. The number of hydrogen-bond acceptors (Lipinski definition) is 5. The fourth-order valence-electron chi connectivity index (χ4n) is 3.31. The monoisotopic (exact) mass is 413 g/mol. The first-order valence-corrected chi connectivity index (χ1v) is 10.8. The standard InChI is InChI=1S/C21H20FN3O3S/c22-19-10-8-17(9-11-19)20-23-21(28-24-20)18-7-4-13-25(15-18)29(26,27)14-12-16-5-2-1-3-6-16/h1-3,5-6,8-12,14,18H,4,7,13,15H2/b14-12+. The summed E-state index contributed by atoms with van der Waals surface area (Å²) in [6, 6.07) is 15.1. The number of piperidine rings is 1. The maximum absolute atomic E-state index is 13.1. The SMILES string of the molecule is O=S(=O)(/C=C/c1ccccc1)N1CCCC(c2nc(-c3ccc(F)cc3)no2)C1. The third-order valence-corrected chi connectivity index (χ3v) is 6.40. The Bertz CT molecular complexity index is 1100. The predicted molar refractivity (Wildman–Crippen MR) is 108 cm³/mol. The fraction of sp³-hybridized carbons (Fsp3) is 0.238. The van der Waals surface area contributed by atoms with E-state index in [9.17, 15) is 12.8 Å². The molecule has 0 N–H and O–H groups in total. The molecule has 4 rings (SSSR count). The third-order valence-electron chi connectivity index (χ3n) is 4.87. The summed E-state index contributed by atoms with van der Waals surface area (Å²) in [7, 11) is -3.55. The largest absolute Gasteiger partial charge is 0.339 e. The van der Waals surface area contributed by atoms with Crippen LogP contribution in [0.2, 0.25) is 0 Å². The molecule has 0 amide bonds. The molecular weight excluding hydrogens is 393 g/mol. The summed E-state index contributed by atoms with van der Waals surface area (Å²) >= 11 is 0. The van der Waals surface area contributed by atoms with Crippen LogP contribution in [0.3, 0.4) is 0 Å². The lowest BCUT2D eigenvalue weighted by Crippen LogP contribution is -2.38. The highest BCUT2D eigenvalue weighted by Crippen LogP contribution is 2.29. The van der Waals surface area contributed by atoms with E-state index in [1.807, 2.05) is 30.3 Å². The van der Waals surface area contributed by atoms with Crippen molar-refractivity contribution in [3.05, 3.63) is 77.3 Å². The van der Waals surface area contributed by atoms with E-state index in [2.05, 4.69) is 10.1 Å². The van der Waals surface area contributed by atoms with Gasteiger partial charge < -0.3 is 4.52 Å². The molecule has 0 bridgehead atoms. The summed E-state index contributed by atoms with van der Waals surface area (Å²) in [5.41, 5.74) is 1.47. The summed E-state index contributed by atoms with van der Waals surface area (Å²) in [6.45, 7) is 0.740. The average molecular weight is 413 g/mol. The van der Waals surface area contributed by atoms with Crippen molar-refractivity contribution in [1.29, 1.82) is 0 Å². The van der Waals surface area contributed by atoms with Crippen molar-refractivity contribution in [3.8, 4) is 11.4 Å².